The molecule has 0 saturated carbocycles. The number of rotatable bonds is 9. The molecule has 6 aromatic carbocycles. The van der Waals surface area contributed by atoms with Gasteiger partial charge < -0.3 is 14.2 Å². The van der Waals surface area contributed by atoms with Crippen LogP contribution in [-0.2, 0) is 19.8 Å². The Bertz CT molecular complexity index is 1760. The average molecular weight is 654 g/mol. The van der Waals surface area contributed by atoms with E-state index in [1.165, 1.54) is 0 Å². The number of hydrogen-bond acceptors (Lipinski definition) is 3. The molecule has 6 aromatic rings. The predicted octanol–water partition coefficient (Wildman–Crippen LogP) is 10.3. The van der Waals surface area contributed by atoms with Crippen molar-refractivity contribution in [2.45, 2.75) is 19.8 Å². The first-order valence-corrected chi connectivity index (χ1v) is 14.6. The van der Waals surface area contributed by atoms with Gasteiger partial charge in [0, 0.05) is 26.7 Å². The molecule has 0 N–H and O–H groups in total. The van der Waals surface area contributed by atoms with Crippen LogP contribution in [0.4, 0.5) is 0 Å². The molecule has 0 saturated heterocycles. The summed E-state index contributed by atoms with van der Waals surface area (Å²) in [5, 5.41) is 4.05. The quantitative estimate of drug-likeness (QED) is 0.145. The second-order valence-corrected chi connectivity index (χ2v) is 11.2. The van der Waals surface area contributed by atoms with Crippen LogP contribution in [0.3, 0.4) is 0 Å². The summed E-state index contributed by atoms with van der Waals surface area (Å²) in [7, 11) is 0. The highest BCUT2D eigenvalue weighted by Gasteiger charge is 2.18. The van der Waals surface area contributed by atoms with Crippen molar-refractivity contribution in [1.82, 2.24) is 0 Å². The predicted molar refractivity (Wildman–Crippen MR) is 169 cm³/mol. The van der Waals surface area contributed by atoms with Crippen LogP contribution in [0.2, 0.25) is 0 Å². The average Bonchev–Trinajstić information content (AvgIpc) is 3.00. The van der Waals surface area contributed by atoms with E-state index in [0.717, 1.165) is 64.4 Å². The van der Waals surface area contributed by atoms with E-state index in [0.29, 0.717) is 19.8 Å². The van der Waals surface area contributed by atoms with Crippen LogP contribution < -0.4 is 14.2 Å². The lowest BCUT2D eigenvalue weighted by atomic mass is 10.00. The highest BCUT2D eigenvalue weighted by Crippen LogP contribution is 2.46. The fraction of sp³-hybridized carbons (Fsp3) is 0.0857. The zero-order valence-electron chi connectivity index (χ0n) is 21.6. The summed E-state index contributed by atoms with van der Waals surface area (Å²) in [5.74, 6) is 2.31. The minimum atomic E-state index is 0.444. The van der Waals surface area contributed by atoms with Crippen LogP contribution in [0.25, 0.3) is 21.5 Å². The van der Waals surface area contributed by atoms with Gasteiger partial charge in [0.2, 0.25) is 0 Å². The fourth-order valence-electron chi connectivity index (χ4n) is 4.77. The van der Waals surface area contributed by atoms with Crippen LogP contribution >= 0.6 is 31.9 Å². The lowest BCUT2D eigenvalue weighted by molar-refractivity contribution is 0.293. The molecule has 0 unspecified atom stereocenters. The van der Waals surface area contributed by atoms with Gasteiger partial charge in [0.15, 0.2) is 0 Å². The monoisotopic (exact) mass is 652 g/mol. The summed E-state index contributed by atoms with van der Waals surface area (Å²) in [4.78, 5) is 0. The zero-order valence-corrected chi connectivity index (χ0v) is 24.8. The van der Waals surface area contributed by atoms with Gasteiger partial charge >= 0.3 is 0 Å². The first-order chi connectivity index (χ1) is 19.7. The largest absolute Gasteiger partial charge is 0.489 e. The molecule has 0 bridgehead atoms. The van der Waals surface area contributed by atoms with Gasteiger partial charge in [0.05, 0.1) is 4.47 Å². The Balaban J connectivity index is 1.44. The summed E-state index contributed by atoms with van der Waals surface area (Å²) < 4.78 is 21.0. The molecule has 5 heteroatoms. The molecule has 0 heterocycles. The Hall–Kier alpha value is -3.80. The maximum Gasteiger partial charge on any atom is 0.141 e. The van der Waals surface area contributed by atoms with Gasteiger partial charge in [0.25, 0.3) is 0 Å². The Morgan fingerprint density at radius 1 is 0.475 bits per heavy atom. The van der Waals surface area contributed by atoms with Crippen molar-refractivity contribution in [2.24, 2.45) is 0 Å². The Morgan fingerprint density at radius 2 is 1.02 bits per heavy atom. The van der Waals surface area contributed by atoms with E-state index in [4.69, 9.17) is 14.2 Å². The van der Waals surface area contributed by atoms with Gasteiger partial charge in [-0.2, -0.15) is 0 Å². The molecule has 0 aliphatic heterocycles. The van der Waals surface area contributed by atoms with Crippen LogP contribution in [0, 0.1) is 0 Å². The topological polar surface area (TPSA) is 27.7 Å². The van der Waals surface area contributed by atoms with Crippen molar-refractivity contribution < 1.29 is 14.2 Å². The van der Waals surface area contributed by atoms with Crippen molar-refractivity contribution in [2.75, 3.05) is 0 Å². The van der Waals surface area contributed by atoms with E-state index in [9.17, 15) is 0 Å². The molecular weight excluding hydrogens is 628 g/mol. The minimum absolute atomic E-state index is 0.444. The molecule has 6 rings (SSSR count). The van der Waals surface area contributed by atoms with E-state index in [2.05, 4.69) is 86.5 Å². The normalized spacial score (nSPS) is 11.1. The molecule has 0 aromatic heterocycles. The smallest absolute Gasteiger partial charge is 0.141 e. The van der Waals surface area contributed by atoms with Gasteiger partial charge in [-0.3, -0.25) is 0 Å². The Morgan fingerprint density at radius 3 is 1.62 bits per heavy atom. The SMILES string of the molecule is Brc1cc(Br)c2c(ccc3cc(OCc4ccccc4)cc(OCc4ccccc4)c32)c1OCc1ccccc1. The lowest BCUT2D eigenvalue weighted by Gasteiger charge is -2.18. The van der Waals surface area contributed by atoms with Gasteiger partial charge in [-0.1, -0.05) is 113 Å². The van der Waals surface area contributed by atoms with E-state index in [1.807, 2.05) is 66.7 Å². The van der Waals surface area contributed by atoms with Crippen LogP contribution in [0.5, 0.6) is 17.2 Å². The van der Waals surface area contributed by atoms with Gasteiger partial charge in [-0.25, -0.2) is 0 Å². The fourth-order valence-corrected chi connectivity index (χ4v) is 6.27. The first-order valence-electron chi connectivity index (χ1n) is 13.0. The first kappa shape index (κ1) is 26.4. The van der Waals surface area contributed by atoms with Crippen molar-refractivity contribution >= 4 is 53.4 Å². The highest BCUT2D eigenvalue weighted by atomic mass is 79.9. The van der Waals surface area contributed by atoms with Crippen molar-refractivity contribution in [3.63, 3.8) is 0 Å². The summed E-state index contributed by atoms with van der Waals surface area (Å²) >= 11 is 7.57. The van der Waals surface area contributed by atoms with E-state index in [-0.39, 0.29) is 0 Å². The number of ether oxygens (including phenoxy) is 3. The number of halogens is 2. The summed E-state index contributed by atoms with van der Waals surface area (Å²) in [6, 6.07) is 40.9. The summed E-state index contributed by atoms with van der Waals surface area (Å²) in [6.07, 6.45) is 0. The van der Waals surface area contributed by atoms with Crippen LogP contribution in [0.1, 0.15) is 16.7 Å². The molecule has 0 aliphatic carbocycles. The Labute approximate surface area is 250 Å². The molecule has 0 radical (unpaired) electrons. The molecule has 198 valence electrons. The molecular formula is C35H26Br2O3. The highest BCUT2D eigenvalue weighted by molar-refractivity contribution is 9.11. The van der Waals surface area contributed by atoms with E-state index < -0.39 is 0 Å². The molecule has 0 amide bonds. The standard InChI is InChI=1S/C35H26Br2O3/c36-30-20-31(37)35(40-23-26-14-8-3-9-15-26)29-17-16-27-18-28(38-21-24-10-4-1-5-11-24)19-32(33(27)34(29)30)39-22-25-12-6-2-7-13-25/h1-20H,21-23H2. The van der Waals surface area contributed by atoms with Gasteiger partial charge in [0.1, 0.15) is 37.1 Å². The third kappa shape index (κ3) is 5.86. The van der Waals surface area contributed by atoms with E-state index >= 15 is 0 Å². The molecule has 0 fully saturated rings. The molecule has 0 spiro atoms. The number of hydrogen-bond donors (Lipinski definition) is 0. The molecule has 3 nitrogen and oxygen atoms in total. The third-order valence-corrected chi connectivity index (χ3v) is 7.93. The molecule has 40 heavy (non-hydrogen) atoms. The lowest BCUT2D eigenvalue weighted by Crippen LogP contribution is -2.00. The summed E-state index contributed by atoms with van der Waals surface area (Å²) in [6.45, 7) is 1.39. The van der Waals surface area contributed by atoms with Crippen molar-refractivity contribution in [1.29, 1.82) is 0 Å². The summed E-state index contributed by atoms with van der Waals surface area (Å²) in [5.41, 5.74) is 3.32. The molecule has 0 atom stereocenters. The van der Waals surface area contributed by atoms with Crippen LogP contribution in [0.15, 0.2) is 130 Å². The Kier molecular flexibility index (Phi) is 8.03. The maximum atomic E-state index is 6.51. The van der Waals surface area contributed by atoms with Gasteiger partial charge in [-0.15, -0.1) is 0 Å². The minimum Gasteiger partial charge on any atom is -0.489 e. The molecule has 0 aliphatic rings. The van der Waals surface area contributed by atoms with Crippen LogP contribution in [-0.4, -0.2) is 0 Å². The van der Waals surface area contributed by atoms with Gasteiger partial charge in [-0.05, 0) is 56.2 Å². The number of fused-ring (bicyclic) bond motifs is 3. The van der Waals surface area contributed by atoms with Crippen molar-refractivity contribution in [3.05, 3.63) is 147 Å². The van der Waals surface area contributed by atoms with Crippen molar-refractivity contribution in [3.8, 4) is 17.2 Å². The second kappa shape index (κ2) is 12.2. The van der Waals surface area contributed by atoms with E-state index in [1.54, 1.807) is 0 Å². The maximum absolute atomic E-state index is 6.51. The second-order valence-electron chi connectivity index (χ2n) is 9.50. The third-order valence-electron chi connectivity index (χ3n) is 6.72. The zero-order chi connectivity index (χ0) is 27.3. The number of benzene rings is 6.